The lowest BCUT2D eigenvalue weighted by molar-refractivity contribution is 0.186. The SMILES string of the molecule is COCCn1c(CC(C)(C)C)nc2ccccc21. The largest absolute Gasteiger partial charge is 0.383 e. The number of rotatable bonds is 4. The van der Waals surface area contributed by atoms with Crippen LogP contribution in [0.1, 0.15) is 26.6 Å². The Morgan fingerprint density at radius 1 is 1.22 bits per heavy atom. The number of para-hydroxylation sites is 2. The Morgan fingerprint density at radius 3 is 2.61 bits per heavy atom. The van der Waals surface area contributed by atoms with Gasteiger partial charge in [0.2, 0.25) is 0 Å². The van der Waals surface area contributed by atoms with Crippen LogP contribution in [0.4, 0.5) is 0 Å². The van der Waals surface area contributed by atoms with Crippen LogP contribution >= 0.6 is 0 Å². The fourth-order valence-corrected chi connectivity index (χ4v) is 2.17. The molecular formula is C15H22N2O. The van der Waals surface area contributed by atoms with E-state index in [2.05, 4.69) is 43.5 Å². The van der Waals surface area contributed by atoms with E-state index in [1.165, 1.54) is 5.52 Å². The second-order valence-corrected chi connectivity index (χ2v) is 5.90. The number of benzene rings is 1. The van der Waals surface area contributed by atoms with Crippen LogP contribution < -0.4 is 0 Å². The zero-order valence-electron chi connectivity index (χ0n) is 11.7. The van der Waals surface area contributed by atoms with Gasteiger partial charge in [-0.15, -0.1) is 0 Å². The Bertz CT molecular complexity index is 523. The van der Waals surface area contributed by atoms with Crippen molar-refractivity contribution in [3.05, 3.63) is 30.1 Å². The molecule has 0 bridgehead atoms. The summed E-state index contributed by atoms with van der Waals surface area (Å²) in [6, 6.07) is 8.31. The third-order valence-electron chi connectivity index (χ3n) is 2.94. The van der Waals surface area contributed by atoms with Gasteiger partial charge in [-0.1, -0.05) is 32.9 Å². The fourth-order valence-electron chi connectivity index (χ4n) is 2.17. The van der Waals surface area contributed by atoms with Crippen molar-refractivity contribution in [2.24, 2.45) is 5.41 Å². The van der Waals surface area contributed by atoms with E-state index in [0.29, 0.717) is 0 Å². The fraction of sp³-hybridized carbons (Fsp3) is 0.533. The molecule has 98 valence electrons. The maximum Gasteiger partial charge on any atom is 0.110 e. The summed E-state index contributed by atoms with van der Waals surface area (Å²) in [5, 5.41) is 0. The molecule has 1 heterocycles. The van der Waals surface area contributed by atoms with Crippen molar-refractivity contribution in [3.63, 3.8) is 0 Å². The van der Waals surface area contributed by atoms with Crippen LogP contribution in [-0.4, -0.2) is 23.3 Å². The predicted octanol–water partition coefficient (Wildman–Crippen LogP) is 3.27. The van der Waals surface area contributed by atoms with E-state index >= 15 is 0 Å². The van der Waals surface area contributed by atoms with Gasteiger partial charge in [-0.25, -0.2) is 4.98 Å². The number of ether oxygens (including phenoxy) is 1. The highest BCUT2D eigenvalue weighted by Gasteiger charge is 2.17. The zero-order chi connectivity index (χ0) is 13.2. The molecule has 0 aliphatic heterocycles. The minimum absolute atomic E-state index is 0.242. The Balaban J connectivity index is 2.43. The number of aromatic nitrogens is 2. The van der Waals surface area contributed by atoms with Crippen molar-refractivity contribution in [2.45, 2.75) is 33.7 Å². The molecule has 0 radical (unpaired) electrons. The van der Waals surface area contributed by atoms with E-state index in [-0.39, 0.29) is 5.41 Å². The maximum atomic E-state index is 5.20. The normalized spacial score (nSPS) is 12.2. The molecule has 0 unspecified atom stereocenters. The van der Waals surface area contributed by atoms with Crippen LogP contribution in [0, 0.1) is 5.41 Å². The summed E-state index contributed by atoms with van der Waals surface area (Å²) in [6.45, 7) is 8.31. The third-order valence-corrected chi connectivity index (χ3v) is 2.94. The van der Waals surface area contributed by atoms with Gasteiger partial charge >= 0.3 is 0 Å². The van der Waals surface area contributed by atoms with Gasteiger partial charge in [-0.3, -0.25) is 0 Å². The van der Waals surface area contributed by atoms with Crippen molar-refractivity contribution < 1.29 is 4.74 Å². The zero-order valence-corrected chi connectivity index (χ0v) is 11.7. The lowest BCUT2D eigenvalue weighted by Crippen LogP contribution is -2.16. The number of fused-ring (bicyclic) bond motifs is 1. The van der Waals surface area contributed by atoms with Crippen molar-refractivity contribution in [1.82, 2.24) is 9.55 Å². The monoisotopic (exact) mass is 246 g/mol. The quantitative estimate of drug-likeness (QED) is 0.828. The van der Waals surface area contributed by atoms with Gasteiger partial charge in [0, 0.05) is 20.1 Å². The molecule has 1 aromatic carbocycles. The van der Waals surface area contributed by atoms with Crippen molar-refractivity contribution in [1.29, 1.82) is 0 Å². The van der Waals surface area contributed by atoms with E-state index in [4.69, 9.17) is 9.72 Å². The van der Waals surface area contributed by atoms with Gasteiger partial charge in [-0.05, 0) is 17.5 Å². The molecule has 1 aromatic heterocycles. The van der Waals surface area contributed by atoms with Crippen molar-refractivity contribution in [2.75, 3.05) is 13.7 Å². The smallest absolute Gasteiger partial charge is 0.110 e. The first kappa shape index (κ1) is 13.1. The van der Waals surface area contributed by atoms with E-state index in [1.807, 2.05) is 6.07 Å². The molecule has 0 amide bonds. The highest BCUT2D eigenvalue weighted by Crippen LogP contribution is 2.23. The van der Waals surface area contributed by atoms with Gasteiger partial charge in [0.1, 0.15) is 5.82 Å². The number of nitrogens with zero attached hydrogens (tertiary/aromatic N) is 2. The summed E-state index contributed by atoms with van der Waals surface area (Å²) in [7, 11) is 1.74. The first-order valence-electron chi connectivity index (χ1n) is 6.44. The Kier molecular flexibility index (Phi) is 3.71. The molecule has 2 aromatic rings. The molecule has 0 fully saturated rings. The average molecular weight is 246 g/mol. The van der Waals surface area contributed by atoms with Crippen LogP contribution in [0.3, 0.4) is 0 Å². The minimum Gasteiger partial charge on any atom is -0.383 e. The summed E-state index contributed by atoms with van der Waals surface area (Å²) in [5.41, 5.74) is 2.52. The summed E-state index contributed by atoms with van der Waals surface area (Å²) in [4.78, 5) is 4.76. The molecule has 0 aliphatic carbocycles. The van der Waals surface area contributed by atoms with E-state index < -0.39 is 0 Å². The molecule has 0 spiro atoms. The molecule has 3 heteroatoms. The van der Waals surface area contributed by atoms with Crippen LogP contribution in [0.2, 0.25) is 0 Å². The number of hydrogen-bond donors (Lipinski definition) is 0. The van der Waals surface area contributed by atoms with Crippen LogP contribution in [0.15, 0.2) is 24.3 Å². The van der Waals surface area contributed by atoms with E-state index in [0.717, 1.165) is 30.9 Å². The Morgan fingerprint density at radius 2 is 1.94 bits per heavy atom. The van der Waals surface area contributed by atoms with Gasteiger partial charge < -0.3 is 9.30 Å². The average Bonchev–Trinajstić information content (AvgIpc) is 2.61. The third kappa shape index (κ3) is 2.91. The molecule has 2 rings (SSSR count). The molecule has 0 N–H and O–H groups in total. The van der Waals surface area contributed by atoms with Crippen LogP contribution in [0.25, 0.3) is 11.0 Å². The number of methoxy groups -OCH3 is 1. The van der Waals surface area contributed by atoms with Crippen LogP contribution in [0.5, 0.6) is 0 Å². The van der Waals surface area contributed by atoms with Gasteiger partial charge in [0.25, 0.3) is 0 Å². The van der Waals surface area contributed by atoms with Gasteiger partial charge in [0.05, 0.1) is 17.6 Å². The summed E-state index contributed by atoms with van der Waals surface area (Å²) >= 11 is 0. The van der Waals surface area contributed by atoms with E-state index in [9.17, 15) is 0 Å². The first-order chi connectivity index (χ1) is 8.51. The van der Waals surface area contributed by atoms with Crippen molar-refractivity contribution in [3.8, 4) is 0 Å². The second-order valence-electron chi connectivity index (χ2n) is 5.90. The topological polar surface area (TPSA) is 27.1 Å². The first-order valence-corrected chi connectivity index (χ1v) is 6.44. The summed E-state index contributed by atoms with van der Waals surface area (Å²) in [5.74, 6) is 1.15. The highest BCUT2D eigenvalue weighted by molar-refractivity contribution is 5.75. The summed E-state index contributed by atoms with van der Waals surface area (Å²) in [6.07, 6.45) is 0.978. The molecule has 0 saturated carbocycles. The number of imidazole rings is 1. The molecule has 0 atom stereocenters. The maximum absolute atomic E-state index is 5.20. The Hall–Kier alpha value is -1.35. The van der Waals surface area contributed by atoms with Gasteiger partial charge in [-0.2, -0.15) is 0 Å². The standard InChI is InChI=1S/C15H22N2O/c1-15(2,3)11-14-16-12-7-5-6-8-13(12)17(14)9-10-18-4/h5-8H,9-11H2,1-4H3. The summed E-state index contributed by atoms with van der Waals surface area (Å²) < 4.78 is 7.48. The lowest BCUT2D eigenvalue weighted by Gasteiger charge is -2.18. The highest BCUT2D eigenvalue weighted by atomic mass is 16.5. The van der Waals surface area contributed by atoms with E-state index in [1.54, 1.807) is 7.11 Å². The molecular weight excluding hydrogens is 224 g/mol. The van der Waals surface area contributed by atoms with Crippen LogP contribution in [-0.2, 0) is 17.7 Å². The molecule has 3 nitrogen and oxygen atoms in total. The lowest BCUT2D eigenvalue weighted by atomic mass is 9.92. The molecule has 18 heavy (non-hydrogen) atoms. The second kappa shape index (κ2) is 5.11. The Labute approximate surface area is 109 Å². The molecule has 0 aliphatic rings. The minimum atomic E-state index is 0.242. The number of hydrogen-bond acceptors (Lipinski definition) is 2. The molecule has 0 saturated heterocycles. The predicted molar refractivity (Wildman–Crippen MR) is 74.8 cm³/mol. The van der Waals surface area contributed by atoms with Crippen molar-refractivity contribution >= 4 is 11.0 Å². The van der Waals surface area contributed by atoms with Gasteiger partial charge in [0.15, 0.2) is 0 Å².